The Bertz CT molecular complexity index is 343. The van der Waals surface area contributed by atoms with Crippen LogP contribution in [-0.2, 0) is 12.5 Å². The number of hydrogen-bond donors (Lipinski definition) is 1. The van der Waals surface area contributed by atoms with Crippen LogP contribution in [0.3, 0.4) is 0 Å². The first-order valence-corrected chi connectivity index (χ1v) is 4.23. The summed E-state index contributed by atoms with van der Waals surface area (Å²) in [4.78, 5) is 0. The molecule has 0 bridgehead atoms. The predicted molar refractivity (Wildman–Crippen MR) is 44.5 cm³/mol. The van der Waals surface area contributed by atoms with Crippen molar-refractivity contribution in [2.75, 3.05) is 5.73 Å². The minimum atomic E-state index is -2.76. The molecule has 3 nitrogen and oxygen atoms in total. The molecule has 1 aliphatic heterocycles. The van der Waals surface area contributed by atoms with Crippen molar-refractivity contribution in [3.63, 3.8) is 0 Å². The summed E-state index contributed by atoms with van der Waals surface area (Å²) in [6.45, 7) is 2.14. The van der Waals surface area contributed by atoms with Crippen LogP contribution >= 0.6 is 0 Å². The van der Waals surface area contributed by atoms with E-state index in [4.69, 9.17) is 5.73 Å². The van der Waals surface area contributed by atoms with Crippen LogP contribution in [0.5, 0.6) is 0 Å². The van der Waals surface area contributed by atoms with Gasteiger partial charge in [-0.1, -0.05) is 0 Å². The predicted octanol–water partition coefficient (Wildman–Crippen LogP) is 1.66. The van der Waals surface area contributed by atoms with Crippen LogP contribution in [0.25, 0.3) is 0 Å². The second kappa shape index (κ2) is 2.43. The molecule has 0 fully saturated rings. The van der Waals surface area contributed by atoms with Gasteiger partial charge in [0, 0.05) is 18.5 Å². The molecule has 2 N–H and O–H groups in total. The number of nitrogen functional groups attached to an aromatic ring is 1. The van der Waals surface area contributed by atoms with Gasteiger partial charge in [0.2, 0.25) is 0 Å². The number of aryl methyl sites for hydroxylation is 1. The van der Waals surface area contributed by atoms with Crippen molar-refractivity contribution < 1.29 is 8.78 Å². The number of anilines is 1. The molecule has 72 valence electrons. The molecule has 0 saturated carbocycles. The SMILES string of the molecule is Cc1c(N)nn2c1C(F)(F)CCC2. The summed E-state index contributed by atoms with van der Waals surface area (Å²) >= 11 is 0. The van der Waals surface area contributed by atoms with E-state index < -0.39 is 5.92 Å². The zero-order chi connectivity index (χ0) is 9.64. The van der Waals surface area contributed by atoms with Crippen molar-refractivity contribution in [1.29, 1.82) is 0 Å². The van der Waals surface area contributed by atoms with Crippen molar-refractivity contribution >= 4 is 5.82 Å². The number of aromatic nitrogens is 2. The molecule has 0 amide bonds. The highest BCUT2D eigenvalue weighted by Gasteiger charge is 2.40. The molecule has 5 heteroatoms. The van der Waals surface area contributed by atoms with Crippen LogP contribution < -0.4 is 5.73 Å². The summed E-state index contributed by atoms with van der Waals surface area (Å²) < 4.78 is 28.0. The molecule has 2 heterocycles. The van der Waals surface area contributed by atoms with Gasteiger partial charge in [-0.2, -0.15) is 13.9 Å². The number of nitrogens with zero attached hydrogens (tertiary/aromatic N) is 2. The molecule has 1 aliphatic rings. The van der Waals surface area contributed by atoms with E-state index in [9.17, 15) is 8.78 Å². The molecule has 0 atom stereocenters. The molecule has 1 aromatic rings. The van der Waals surface area contributed by atoms with Gasteiger partial charge in [-0.25, -0.2) is 0 Å². The molecule has 0 saturated heterocycles. The van der Waals surface area contributed by atoms with Gasteiger partial charge in [0.05, 0.1) is 0 Å². The van der Waals surface area contributed by atoms with Gasteiger partial charge in [-0.05, 0) is 13.3 Å². The molecular weight excluding hydrogens is 176 g/mol. The van der Waals surface area contributed by atoms with Gasteiger partial charge in [0.25, 0.3) is 5.92 Å². The molecule has 0 aromatic carbocycles. The molecule has 13 heavy (non-hydrogen) atoms. The molecule has 0 spiro atoms. The monoisotopic (exact) mass is 187 g/mol. The van der Waals surface area contributed by atoms with E-state index in [1.165, 1.54) is 4.68 Å². The van der Waals surface area contributed by atoms with Crippen LogP contribution in [0.4, 0.5) is 14.6 Å². The van der Waals surface area contributed by atoms with Crippen LogP contribution in [0, 0.1) is 6.92 Å². The van der Waals surface area contributed by atoms with E-state index in [2.05, 4.69) is 5.10 Å². The third-order valence-electron chi connectivity index (χ3n) is 2.43. The topological polar surface area (TPSA) is 43.8 Å². The fourth-order valence-electron chi connectivity index (χ4n) is 1.76. The third kappa shape index (κ3) is 1.10. The smallest absolute Gasteiger partial charge is 0.289 e. The molecular formula is C8H11F2N3. The Kier molecular flexibility index (Phi) is 1.58. The highest BCUT2D eigenvalue weighted by molar-refractivity contribution is 5.43. The first kappa shape index (κ1) is 8.47. The summed E-state index contributed by atoms with van der Waals surface area (Å²) in [7, 11) is 0. The maximum Gasteiger partial charge on any atom is 0.289 e. The Labute approximate surface area is 74.5 Å². The molecule has 0 aliphatic carbocycles. The summed E-state index contributed by atoms with van der Waals surface area (Å²) in [5.41, 5.74) is 5.89. The quantitative estimate of drug-likeness (QED) is 0.671. The van der Waals surface area contributed by atoms with E-state index in [0.29, 0.717) is 18.5 Å². The lowest BCUT2D eigenvalue weighted by atomic mass is 10.0. The normalized spacial score (nSPS) is 19.9. The van der Waals surface area contributed by atoms with Crippen molar-refractivity contribution in [2.24, 2.45) is 0 Å². The largest absolute Gasteiger partial charge is 0.382 e. The summed E-state index contributed by atoms with van der Waals surface area (Å²) in [6, 6.07) is 0. The zero-order valence-corrected chi connectivity index (χ0v) is 7.35. The van der Waals surface area contributed by atoms with Crippen molar-refractivity contribution in [3.05, 3.63) is 11.3 Å². The summed E-state index contributed by atoms with van der Waals surface area (Å²) in [6.07, 6.45) is 0.361. The van der Waals surface area contributed by atoms with Crippen LogP contribution in [0.1, 0.15) is 24.1 Å². The first-order valence-electron chi connectivity index (χ1n) is 4.23. The number of alkyl halides is 2. The second-order valence-corrected chi connectivity index (χ2v) is 3.39. The lowest BCUT2D eigenvalue weighted by molar-refractivity contribution is -0.0370. The van der Waals surface area contributed by atoms with E-state index in [0.717, 1.165) is 0 Å². The van der Waals surface area contributed by atoms with Crippen molar-refractivity contribution in [2.45, 2.75) is 32.2 Å². The zero-order valence-electron chi connectivity index (χ0n) is 7.35. The number of rotatable bonds is 0. The molecule has 2 rings (SSSR count). The Morgan fingerprint density at radius 2 is 2.23 bits per heavy atom. The maximum atomic E-state index is 13.4. The first-order chi connectivity index (χ1) is 6.02. The van der Waals surface area contributed by atoms with Gasteiger partial charge in [0.15, 0.2) is 0 Å². The van der Waals surface area contributed by atoms with Crippen molar-refractivity contribution in [1.82, 2.24) is 9.78 Å². The van der Waals surface area contributed by atoms with Crippen LogP contribution in [-0.4, -0.2) is 9.78 Å². The summed E-state index contributed by atoms with van der Waals surface area (Å²) in [5.74, 6) is -2.54. The average Bonchev–Trinajstić information content (AvgIpc) is 2.28. The highest BCUT2D eigenvalue weighted by Crippen LogP contribution is 2.39. The Morgan fingerprint density at radius 3 is 2.85 bits per heavy atom. The molecule has 0 unspecified atom stereocenters. The lowest BCUT2D eigenvalue weighted by Gasteiger charge is -2.23. The third-order valence-corrected chi connectivity index (χ3v) is 2.43. The second-order valence-electron chi connectivity index (χ2n) is 3.39. The Hall–Kier alpha value is -1.13. The van der Waals surface area contributed by atoms with E-state index in [-0.39, 0.29) is 17.9 Å². The fourth-order valence-corrected chi connectivity index (χ4v) is 1.76. The molecule has 0 radical (unpaired) electrons. The van der Waals surface area contributed by atoms with E-state index in [1.54, 1.807) is 6.92 Å². The minimum Gasteiger partial charge on any atom is -0.382 e. The number of hydrogen-bond acceptors (Lipinski definition) is 2. The van der Waals surface area contributed by atoms with E-state index in [1.807, 2.05) is 0 Å². The summed E-state index contributed by atoms with van der Waals surface area (Å²) in [5, 5.41) is 3.86. The number of halogens is 2. The van der Waals surface area contributed by atoms with Gasteiger partial charge in [0.1, 0.15) is 11.5 Å². The van der Waals surface area contributed by atoms with Gasteiger partial charge in [-0.3, -0.25) is 4.68 Å². The lowest BCUT2D eigenvalue weighted by Crippen LogP contribution is -2.26. The fraction of sp³-hybridized carbons (Fsp3) is 0.625. The van der Waals surface area contributed by atoms with Gasteiger partial charge in [-0.15, -0.1) is 0 Å². The number of fused-ring (bicyclic) bond motifs is 1. The Morgan fingerprint density at radius 1 is 1.54 bits per heavy atom. The maximum absolute atomic E-state index is 13.4. The number of nitrogens with two attached hydrogens (primary N) is 1. The standard InChI is InChI=1S/C8H11F2N3/c1-5-6-8(9,10)3-2-4-13(6)12-7(5)11/h2-4H2,1H3,(H2,11,12). The van der Waals surface area contributed by atoms with Crippen molar-refractivity contribution in [3.8, 4) is 0 Å². The average molecular weight is 187 g/mol. The van der Waals surface area contributed by atoms with E-state index >= 15 is 0 Å². The van der Waals surface area contributed by atoms with Crippen LogP contribution in [0.2, 0.25) is 0 Å². The molecule has 1 aromatic heterocycles. The van der Waals surface area contributed by atoms with Crippen LogP contribution in [0.15, 0.2) is 0 Å². The van der Waals surface area contributed by atoms with Gasteiger partial charge >= 0.3 is 0 Å². The van der Waals surface area contributed by atoms with Gasteiger partial charge < -0.3 is 5.73 Å². The Balaban J connectivity index is 2.61. The minimum absolute atomic E-state index is 0.00347. The highest BCUT2D eigenvalue weighted by atomic mass is 19.3.